The first-order chi connectivity index (χ1) is 45.2. The van der Waals surface area contributed by atoms with Crippen LogP contribution >= 0.6 is 0 Å². The average molecular weight is 1490 g/mol. The van der Waals surface area contributed by atoms with Crippen molar-refractivity contribution in [3.63, 3.8) is 0 Å². The van der Waals surface area contributed by atoms with Crippen molar-refractivity contribution in [3.05, 3.63) is 345 Å². The molecule has 0 N–H and O–H groups in total. The van der Waals surface area contributed by atoms with Crippen LogP contribution in [0.3, 0.4) is 0 Å². The Labute approximate surface area is 598 Å². The van der Waals surface area contributed by atoms with Gasteiger partial charge in [-0.3, -0.25) is 0 Å². The molecule has 0 saturated heterocycles. The second kappa shape index (κ2) is 32.7. The Morgan fingerprint density at radius 1 is 0.213 bits per heavy atom. The molecule has 0 bridgehead atoms. The van der Waals surface area contributed by atoms with E-state index < -0.39 is 16.5 Å². The summed E-state index contributed by atoms with van der Waals surface area (Å²) in [6.07, 6.45) is 0. The van der Waals surface area contributed by atoms with Gasteiger partial charge >= 0.3 is 603 Å². The summed E-state index contributed by atoms with van der Waals surface area (Å²) in [5.41, 5.74) is 26.0. The van der Waals surface area contributed by atoms with E-state index in [2.05, 4.69) is 383 Å². The van der Waals surface area contributed by atoms with Crippen molar-refractivity contribution in [2.24, 2.45) is 0 Å². The van der Waals surface area contributed by atoms with E-state index in [4.69, 9.17) is 0 Å². The molecular formula is C88H106N2Si2Sn2. The summed E-state index contributed by atoms with van der Waals surface area (Å²) >= 11 is 2.10. The van der Waals surface area contributed by atoms with Gasteiger partial charge in [0, 0.05) is 0 Å². The van der Waals surface area contributed by atoms with Gasteiger partial charge in [-0.1, -0.05) is 0 Å². The van der Waals surface area contributed by atoms with Crippen molar-refractivity contribution < 1.29 is 0 Å². The van der Waals surface area contributed by atoms with Crippen LogP contribution in [0.25, 0.3) is 0 Å². The van der Waals surface area contributed by atoms with Gasteiger partial charge in [0.1, 0.15) is 0 Å². The van der Waals surface area contributed by atoms with E-state index in [1.807, 2.05) is 0 Å². The van der Waals surface area contributed by atoms with E-state index >= 15 is 0 Å². The minimum absolute atomic E-state index is 0.116. The first-order valence-corrected chi connectivity index (χ1v) is 42.3. The number of nitrogens with zero attached hydrogens (tertiary/aromatic N) is 2. The topological polar surface area (TPSA) is 6.48 Å². The number of anilines is 2. The Kier molecular flexibility index (Phi) is 25.1. The second-order valence-electron chi connectivity index (χ2n) is 28.9. The molecule has 0 aliphatic rings. The van der Waals surface area contributed by atoms with Crippen molar-refractivity contribution >= 4 is 73.4 Å². The molecule has 6 heteroatoms. The van der Waals surface area contributed by atoms with Crippen LogP contribution in [0, 0.1) is 0 Å². The molecule has 94 heavy (non-hydrogen) atoms. The normalized spacial score (nSPS) is 12.2. The van der Waals surface area contributed by atoms with Crippen molar-refractivity contribution in [2.45, 2.75) is 180 Å². The summed E-state index contributed by atoms with van der Waals surface area (Å²) in [5.74, 6) is 1.25. The molecule has 2 nitrogen and oxygen atoms in total. The van der Waals surface area contributed by atoms with E-state index in [0.717, 1.165) is 45.6 Å². The molecule has 4 radical (unpaired) electrons. The summed E-state index contributed by atoms with van der Waals surface area (Å²) in [7, 11) is -4.17. The molecule has 0 heterocycles. The van der Waals surface area contributed by atoms with Crippen LogP contribution < -0.4 is 5.57 Å². The molecule has 0 amide bonds. The van der Waals surface area contributed by atoms with Crippen LogP contribution in [0.1, 0.15) is 224 Å². The molecule has 0 saturated carbocycles. The third-order valence-electron chi connectivity index (χ3n) is 20.9. The van der Waals surface area contributed by atoms with Crippen LogP contribution in [-0.4, -0.2) is 62.1 Å². The molecule has 0 unspecified atom stereocenters. The first-order valence-electron chi connectivity index (χ1n) is 35.0. The zero-order valence-electron chi connectivity index (χ0n) is 59.4. The van der Waals surface area contributed by atoms with Gasteiger partial charge in [-0.15, -0.1) is 0 Å². The van der Waals surface area contributed by atoms with E-state index in [0.29, 0.717) is 45.1 Å². The Balaban J connectivity index is 0.000000221. The van der Waals surface area contributed by atoms with Crippen molar-refractivity contribution in [1.29, 1.82) is 0 Å². The molecule has 0 fully saturated rings. The van der Waals surface area contributed by atoms with Crippen LogP contribution in [0.2, 0.25) is 33.2 Å². The van der Waals surface area contributed by atoms with Crippen molar-refractivity contribution in [3.8, 4) is 0 Å². The predicted molar refractivity (Wildman–Crippen MR) is 418 cm³/mol. The Hall–Kier alpha value is -6.17. The fraction of sp³-hybridized carbons (Fsp3) is 0.318. The summed E-state index contributed by atoms with van der Waals surface area (Å²) in [4.78, 5) is 0. The van der Waals surface area contributed by atoms with E-state index in [1.165, 1.54) is 89.3 Å². The van der Waals surface area contributed by atoms with Crippen molar-refractivity contribution in [2.75, 3.05) is 5.57 Å². The van der Waals surface area contributed by atoms with Gasteiger partial charge in [0.15, 0.2) is 0 Å². The van der Waals surface area contributed by atoms with Crippen LogP contribution in [0.15, 0.2) is 267 Å². The number of hydrogen-bond acceptors (Lipinski definition) is 2. The van der Waals surface area contributed by atoms with E-state index in [1.54, 1.807) is 0 Å². The second-order valence-corrected chi connectivity index (χ2v) is 46.2. The monoisotopic (exact) mass is 1490 g/mol. The van der Waals surface area contributed by atoms with Gasteiger partial charge < -0.3 is 0 Å². The van der Waals surface area contributed by atoms with Gasteiger partial charge in [-0.25, -0.2) is 0 Å². The molecule has 484 valence electrons. The standard InChI is InChI=1S/2C44H52NSi.2Sn.2H/c2*1-31(2)39-29-40(42(35-21-13-9-14-22-35)36-23-15-10-16-24-36)44(45-46(32(3)4,33(5)6)34(7)8)41(30-39)43(37-25-17-11-18-26-37)38-27-19-12-20-28-38;;;;/h2*9-34,42-43H,1-8H3;;;;/q2*-1;2*+1;;. The maximum atomic E-state index is 3.00. The molecule has 10 aromatic carbocycles. The Morgan fingerprint density at radius 3 is 0.468 bits per heavy atom. The molecule has 0 aliphatic heterocycles. The van der Waals surface area contributed by atoms with Gasteiger partial charge in [-0.2, -0.15) is 0 Å². The Bertz CT molecular complexity index is 3250. The molecular weight excluding hydrogens is 1380 g/mol. The fourth-order valence-electron chi connectivity index (χ4n) is 16.9. The SMILES string of the molecule is CC(C)c1cc(C(c2ccccc2)c2ccccc2)c([N]([SnH])[Si](C(C)C)(C(C)C)C(C)C)c(C(c2ccccc2)c2ccccc2)c1.CC(C)c1cc(C(c2ccccc2)c2ccccc2)c([N]([SnH])[Si](C(C)C)(C(C)C)C(C)C)c(C(c2ccccc2)c2ccccc2)c1. The van der Waals surface area contributed by atoms with Crippen LogP contribution in [-0.2, 0) is 0 Å². The molecule has 10 aromatic rings. The molecule has 0 aromatic heterocycles. The predicted octanol–water partition coefficient (Wildman–Crippen LogP) is 23.9. The van der Waals surface area contributed by atoms with Crippen LogP contribution in [0.4, 0.5) is 11.4 Å². The first kappa shape index (κ1) is 72.1. The van der Waals surface area contributed by atoms with Gasteiger partial charge in [0.2, 0.25) is 0 Å². The zero-order valence-corrected chi connectivity index (χ0v) is 68.0. The van der Waals surface area contributed by atoms with Gasteiger partial charge in [-0.05, 0) is 0 Å². The minimum atomic E-state index is -2.08. The van der Waals surface area contributed by atoms with E-state index in [9.17, 15) is 0 Å². The quantitative estimate of drug-likeness (QED) is 0.0439. The molecule has 0 aliphatic carbocycles. The number of benzene rings is 10. The zero-order chi connectivity index (χ0) is 67.4. The summed E-state index contributed by atoms with van der Waals surface area (Å²) in [5, 5.41) is 0. The summed E-state index contributed by atoms with van der Waals surface area (Å²) in [6, 6.07) is 100. The fourth-order valence-corrected chi connectivity index (χ4v) is 46.6. The number of rotatable bonds is 24. The maximum absolute atomic E-state index is 3.00. The van der Waals surface area contributed by atoms with Gasteiger partial charge in [0.25, 0.3) is 0 Å². The average Bonchev–Trinajstić information content (AvgIpc) is 0.737. The third-order valence-corrected chi connectivity index (χ3v) is 43.2. The molecule has 0 atom stereocenters. The summed E-state index contributed by atoms with van der Waals surface area (Å²) < 4.78 is 6.01. The molecule has 0 spiro atoms. The van der Waals surface area contributed by atoms with Gasteiger partial charge in [0.05, 0.1) is 0 Å². The Morgan fingerprint density at radius 2 is 0.351 bits per heavy atom. The van der Waals surface area contributed by atoms with Crippen molar-refractivity contribution in [1.82, 2.24) is 0 Å². The van der Waals surface area contributed by atoms with Crippen LogP contribution in [0.5, 0.6) is 0 Å². The third kappa shape index (κ3) is 15.2. The molecule has 10 rings (SSSR count). The number of hydrogen-bond donors (Lipinski definition) is 0. The summed E-state index contributed by atoms with van der Waals surface area (Å²) in [6.45, 7) is 39.5. The van der Waals surface area contributed by atoms with E-state index in [-0.39, 0.29) is 23.7 Å².